The standard InChI is InChI=1S/C21H26FN3O3/c1-15(21(27)23-13-12-16-4-6-17(22)7-5-16)25(2)14-20(26)24-18-8-10-19(28-3)11-9-18/h4-11,15H,12-14H2,1-3H3,(H,23,27)(H,24,26)/t15-/m0/s1. The SMILES string of the molecule is COc1ccc(NC(=O)CN(C)[C@@H](C)C(=O)NCCc2ccc(F)cc2)cc1. The number of benzene rings is 2. The van der Waals surface area contributed by atoms with Crippen LogP contribution in [0.25, 0.3) is 0 Å². The number of nitrogens with one attached hydrogen (secondary N) is 2. The average Bonchev–Trinajstić information content (AvgIpc) is 2.69. The number of halogens is 1. The van der Waals surface area contributed by atoms with Crippen LogP contribution >= 0.6 is 0 Å². The molecular formula is C21H26FN3O3. The van der Waals surface area contributed by atoms with Gasteiger partial charge in [-0.2, -0.15) is 0 Å². The van der Waals surface area contributed by atoms with E-state index in [1.807, 2.05) is 0 Å². The summed E-state index contributed by atoms with van der Waals surface area (Å²) in [6.45, 7) is 2.27. The van der Waals surface area contributed by atoms with Gasteiger partial charge in [0.2, 0.25) is 11.8 Å². The molecular weight excluding hydrogens is 361 g/mol. The van der Waals surface area contributed by atoms with Gasteiger partial charge in [0.15, 0.2) is 0 Å². The van der Waals surface area contributed by atoms with Gasteiger partial charge in [0, 0.05) is 12.2 Å². The van der Waals surface area contributed by atoms with Crippen molar-refractivity contribution in [2.45, 2.75) is 19.4 Å². The molecule has 2 aromatic rings. The summed E-state index contributed by atoms with van der Waals surface area (Å²) in [4.78, 5) is 26.1. The Morgan fingerprint density at radius 3 is 2.36 bits per heavy atom. The van der Waals surface area contributed by atoms with Crippen molar-refractivity contribution in [2.24, 2.45) is 0 Å². The first-order valence-electron chi connectivity index (χ1n) is 9.05. The molecule has 0 aliphatic carbocycles. The lowest BCUT2D eigenvalue weighted by Gasteiger charge is -2.23. The Bertz CT molecular complexity index is 778. The van der Waals surface area contributed by atoms with Crippen molar-refractivity contribution in [1.82, 2.24) is 10.2 Å². The molecule has 0 radical (unpaired) electrons. The molecule has 0 aliphatic heterocycles. The van der Waals surface area contributed by atoms with E-state index in [1.165, 1.54) is 12.1 Å². The van der Waals surface area contributed by atoms with Gasteiger partial charge in [-0.3, -0.25) is 14.5 Å². The molecule has 0 fully saturated rings. The molecule has 0 heterocycles. The van der Waals surface area contributed by atoms with Gasteiger partial charge >= 0.3 is 0 Å². The third kappa shape index (κ3) is 6.66. The quantitative estimate of drug-likeness (QED) is 0.693. The van der Waals surface area contributed by atoms with E-state index in [-0.39, 0.29) is 24.2 Å². The number of nitrogens with zero attached hydrogens (tertiary/aromatic N) is 1. The summed E-state index contributed by atoms with van der Waals surface area (Å²) < 4.78 is 18.0. The van der Waals surface area contributed by atoms with E-state index >= 15 is 0 Å². The van der Waals surface area contributed by atoms with Gasteiger partial charge in [-0.05, 0) is 62.4 Å². The lowest BCUT2D eigenvalue weighted by molar-refractivity contribution is -0.126. The second-order valence-electron chi connectivity index (χ2n) is 6.54. The lowest BCUT2D eigenvalue weighted by Crippen LogP contribution is -2.46. The molecule has 150 valence electrons. The summed E-state index contributed by atoms with van der Waals surface area (Å²) in [6, 6.07) is 12.7. The second kappa shape index (κ2) is 10.4. The predicted octanol–water partition coefficient (Wildman–Crippen LogP) is 2.45. The zero-order chi connectivity index (χ0) is 20.5. The maximum atomic E-state index is 12.9. The topological polar surface area (TPSA) is 70.7 Å². The van der Waals surface area contributed by atoms with E-state index in [2.05, 4.69) is 10.6 Å². The fraction of sp³-hybridized carbons (Fsp3) is 0.333. The van der Waals surface area contributed by atoms with Crippen molar-refractivity contribution in [3.8, 4) is 5.75 Å². The minimum Gasteiger partial charge on any atom is -0.497 e. The summed E-state index contributed by atoms with van der Waals surface area (Å²) in [5.74, 6) is 0.0532. The monoisotopic (exact) mass is 387 g/mol. The highest BCUT2D eigenvalue weighted by Crippen LogP contribution is 2.15. The Morgan fingerprint density at radius 1 is 1.11 bits per heavy atom. The van der Waals surface area contributed by atoms with Crippen molar-refractivity contribution >= 4 is 17.5 Å². The number of ether oxygens (including phenoxy) is 1. The van der Waals surface area contributed by atoms with Crippen LogP contribution in [0.3, 0.4) is 0 Å². The molecule has 0 aliphatic rings. The molecule has 28 heavy (non-hydrogen) atoms. The van der Waals surface area contributed by atoms with Crippen molar-refractivity contribution in [1.29, 1.82) is 0 Å². The number of rotatable bonds is 9. The number of amides is 2. The Hall–Kier alpha value is -2.93. The van der Waals surface area contributed by atoms with Gasteiger partial charge in [-0.15, -0.1) is 0 Å². The predicted molar refractivity (Wildman–Crippen MR) is 107 cm³/mol. The first kappa shape index (κ1) is 21.4. The van der Waals surface area contributed by atoms with Gasteiger partial charge < -0.3 is 15.4 Å². The molecule has 2 amide bonds. The number of hydrogen-bond donors (Lipinski definition) is 2. The molecule has 1 atom stereocenters. The van der Waals surface area contributed by atoms with E-state index in [0.29, 0.717) is 24.4 Å². The van der Waals surface area contributed by atoms with Crippen LogP contribution in [0.2, 0.25) is 0 Å². The molecule has 7 heteroatoms. The average molecular weight is 387 g/mol. The van der Waals surface area contributed by atoms with Crippen LogP contribution in [0.15, 0.2) is 48.5 Å². The third-order valence-corrected chi connectivity index (χ3v) is 4.43. The number of likely N-dealkylation sites (N-methyl/N-ethyl adjacent to an activating group) is 1. The van der Waals surface area contributed by atoms with Gasteiger partial charge in [0.25, 0.3) is 0 Å². The zero-order valence-corrected chi connectivity index (χ0v) is 16.4. The normalized spacial score (nSPS) is 11.8. The van der Waals surface area contributed by atoms with Crippen molar-refractivity contribution in [2.75, 3.05) is 32.6 Å². The largest absolute Gasteiger partial charge is 0.497 e. The summed E-state index contributed by atoms with van der Waals surface area (Å²) in [7, 11) is 3.30. The highest BCUT2D eigenvalue weighted by molar-refractivity contribution is 5.92. The molecule has 2 aromatic carbocycles. The molecule has 0 aromatic heterocycles. The summed E-state index contributed by atoms with van der Waals surface area (Å²) >= 11 is 0. The molecule has 0 spiro atoms. The van der Waals surface area contributed by atoms with Gasteiger partial charge in [0.05, 0.1) is 19.7 Å². The third-order valence-electron chi connectivity index (χ3n) is 4.43. The maximum Gasteiger partial charge on any atom is 0.238 e. The van der Waals surface area contributed by atoms with Gasteiger partial charge in [-0.1, -0.05) is 12.1 Å². The maximum absolute atomic E-state index is 12.9. The fourth-order valence-corrected chi connectivity index (χ4v) is 2.57. The molecule has 0 saturated heterocycles. The van der Waals surface area contributed by atoms with E-state index in [9.17, 15) is 14.0 Å². The van der Waals surface area contributed by atoms with Crippen LogP contribution in [0.5, 0.6) is 5.75 Å². The number of hydrogen-bond acceptors (Lipinski definition) is 4. The van der Waals surface area contributed by atoms with Crippen LogP contribution in [-0.4, -0.2) is 50.0 Å². The molecule has 6 nitrogen and oxygen atoms in total. The smallest absolute Gasteiger partial charge is 0.238 e. The van der Waals surface area contributed by atoms with Crippen LogP contribution in [0.1, 0.15) is 12.5 Å². The summed E-state index contributed by atoms with van der Waals surface area (Å²) in [5, 5.41) is 5.63. The highest BCUT2D eigenvalue weighted by atomic mass is 19.1. The number of carbonyl (C=O) groups is 2. The molecule has 0 bridgehead atoms. The first-order valence-corrected chi connectivity index (χ1v) is 9.05. The molecule has 2 rings (SSSR count). The van der Waals surface area contributed by atoms with Gasteiger partial charge in [0.1, 0.15) is 11.6 Å². The lowest BCUT2D eigenvalue weighted by atomic mass is 10.1. The van der Waals surface area contributed by atoms with Crippen molar-refractivity contribution < 1.29 is 18.7 Å². The van der Waals surface area contributed by atoms with E-state index < -0.39 is 6.04 Å². The van der Waals surface area contributed by atoms with E-state index in [1.54, 1.807) is 62.4 Å². The van der Waals surface area contributed by atoms with Crippen LogP contribution in [0, 0.1) is 5.82 Å². The summed E-state index contributed by atoms with van der Waals surface area (Å²) in [5.41, 5.74) is 1.61. The van der Waals surface area contributed by atoms with Crippen molar-refractivity contribution in [3.05, 3.63) is 59.9 Å². The second-order valence-corrected chi connectivity index (χ2v) is 6.54. The number of carbonyl (C=O) groups excluding carboxylic acids is 2. The Balaban J connectivity index is 1.75. The number of methoxy groups -OCH3 is 1. The van der Waals surface area contributed by atoms with Crippen LogP contribution in [0.4, 0.5) is 10.1 Å². The Kier molecular flexibility index (Phi) is 7.95. The first-order chi connectivity index (χ1) is 13.4. The van der Waals surface area contributed by atoms with Gasteiger partial charge in [-0.25, -0.2) is 4.39 Å². The van der Waals surface area contributed by atoms with Crippen LogP contribution < -0.4 is 15.4 Å². The van der Waals surface area contributed by atoms with Crippen LogP contribution in [-0.2, 0) is 16.0 Å². The Morgan fingerprint density at radius 2 is 1.75 bits per heavy atom. The minimum absolute atomic E-state index is 0.0819. The Labute approximate surface area is 164 Å². The minimum atomic E-state index is -0.463. The van der Waals surface area contributed by atoms with Crippen molar-refractivity contribution in [3.63, 3.8) is 0 Å². The summed E-state index contributed by atoms with van der Waals surface area (Å²) in [6.07, 6.45) is 0.612. The molecule has 0 saturated carbocycles. The molecule has 0 unspecified atom stereocenters. The van der Waals surface area contributed by atoms with E-state index in [4.69, 9.17) is 4.74 Å². The number of anilines is 1. The zero-order valence-electron chi connectivity index (χ0n) is 16.4. The highest BCUT2D eigenvalue weighted by Gasteiger charge is 2.19. The fourth-order valence-electron chi connectivity index (χ4n) is 2.57. The van der Waals surface area contributed by atoms with E-state index in [0.717, 1.165) is 5.56 Å². The molecule has 2 N–H and O–H groups in total.